The van der Waals surface area contributed by atoms with Crippen LogP contribution >= 0.6 is 0 Å². The van der Waals surface area contributed by atoms with Gasteiger partial charge in [-0.3, -0.25) is 9.59 Å². The number of sulfonamides is 1. The number of amides is 2. The molecule has 1 heterocycles. The molecule has 0 bridgehead atoms. The van der Waals surface area contributed by atoms with Crippen LogP contribution in [0.4, 0.5) is 0 Å². The molecule has 120 valence electrons. The van der Waals surface area contributed by atoms with Gasteiger partial charge in [-0.05, 0) is 44.5 Å². The molecule has 1 aromatic rings. The second-order valence-corrected chi connectivity index (χ2v) is 6.93. The van der Waals surface area contributed by atoms with Crippen LogP contribution in [0.5, 0.6) is 0 Å². The standard InChI is InChI=1S/C14H19N3O4S/c1-15-22(20,21)11-6-4-5-10(9-11)13(18)17-12-7-2-3-8-16-14(12)19/h4-6,9,12,15H,2-3,7-8H2,1H3,(H,16,19)(H,17,18). The third kappa shape index (κ3) is 3.83. The van der Waals surface area contributed by atoms with Crippen LogP contribution in [0.3, 0.4) is 0 Å². The molecule has 1 aliphatic rings. The number of carbonyl (C=O) groups is 2. The van der Waals surface area contributed by atoms with E-state index in [0.717, 1.165) is 12.8 Å². The van der Waals surface area contributed by atoms with Crippen molar-refractivity contribution in [2.75, 3.05) is 13.6 Å². The molecule has 8 heteroatoms. The fourth-order valence-electron chi connectivity index (χ4n) is 2.24. The van der Waals surface area contributed by atoms with E-state index in [2.05, 4.69) is 15.4 Å². The van der Waals surface area contributed by atoms with Crippen LogP contribution in [0.15, 0.2) is 29.2 Å². The molecule has 2 amide bonds. The Labute approximate surface area is 129 Å². The van der Waals surface area contributed by atoms with E-state index in [-0.39, 0.29) is 16.4 Å². The van der Waals surface area contributed by atoms with Gasteiger partial charge in [0.25, 0.3) is 5.91 Å². The minimum atomic E-state index is -3.61. The van der Waals surface area contributed by atoms with Crippen LogP contribution in [0.2, 0.25) is 0 Å². The molecule has 0 saturated carbocycles. The second-order valence-electron chi connectivity index (χ2n) is 5.05. The lowest BCUT2D eigenvalue weighted by molar-refractivity contribution is -0.122. The first-order valence-electron chi connectivity index (χ1n) is 7.06. The van der Waals surface area contributed by atoms with Crippen molar-refractivity contribution in [1.82, 2.24) is 15.4 Å². The van der Waals surface area contributed by atoms with Gasteiger partial charge in [-0.2, -0.15) is 0 Å². The molecular formula is C14H19N3O4S. The summed E-state index contributed by atoms with van der Waals surface area (Å²) in [5.74, 6) is -0.667. The van der Waals surface area contributed by atoms with Crippen LogP contribution in [0.1, 0.15) is 29.6 Å². The molecule has 0 radical (unpaired) electrons. The minimum absolute atomic E-state index is 0.00738. The van der Waals surface area contributed by atoms with Crippen molar-refractivity contribution >= 4 is 21.8 Å². The lowest BCUT2D eigenvalue weighted by Gasteiger charge is -2.15. The summed E-state index contributed by atoms with van der Waals surface area (Å²) in [6.45, 7) is 0.612. The van der Waals surface area contributed by atoms with Gasteiger partial charge in [-0.25, -0.2) is 13.1 Å². The maximum absolute atomic E-state index is 12.2. The summed E-state index contributed by atoms with van der Waals surface area (Å²) >= 11 is 0. The Hall–Kier alpha value is -1.93. The normalized spacial score (nSPS) is 19.1. The number of hydrogen-bond donors (Lipinski definition) is 3. The summed E-state index contributed by atoms with van der Waals surface area (Å²) < 4.78 is 25.7. The molecule has 1 unspecified atom stereocenters. The van der Waals surface area contributed by atoms with Gasteiger partial charge in [0.2, 0.25) is 15.9 Å². The highest BCUT2D eigenvalue weighted by molar-refractivity contribution is 7.89. The first kappa shape index (κ1) is 16.4. The Kier molecular flexibility index (Phi) is 5.15. The summed E-state index contributed by atoms with van der Waals surface area (Å²) in [5.41, 5.74) is 0.202. The van der Waals surface area contributed by atoms with Crippen LogP contribution in [-0.2, 0) is 14.8 Å². The summed E-state index contributed by atoms with van der Waals surface area (Å²) in [6.07, 6.45) is 2.30. The van der Waals surface area contributed by atoms with E-state index < -0.39 is 22.0 Å². The Morgan fingerprint density at radius 3 is 2.82 bits per heavy atom. The highest BCUT2D eigenvalue weighted by Gasteiger charge is 2.23. The summed E-state index contributed by atoms with van der Waals surface area (Å²) in [5, 5.41) is 5.39. The van der Waals surface area contributed by atoms with Crippen molar-refractivity contribution in [3.05, 3.63) is 29.8 Å². The predicted molar refractivity (Wildman–Crippen MR) is 80.8 cm³/mol. The van der Waals surface area contributed by atoms with Gasteiger partial charge >= 0.3 is 0 Å². The van der Waals surface area contributed by atoms with Gasteiger partial charge < -0.3 is 10.6 Å². The molecule has 1 aromatic carbocycles. The van der Waals surface area contributed by atoms with Gasteiger partial charge in [0.15, 0.2) is 0 Å². The van der Waals surface area contributed by atoms with Crippen LogP contribution < -0.4 is 15.4 Å². The highest BCUT2D eigenvalue weighted by atomic mass is 32.2. The lowest BCUT2D eigenvalue weighted by atomic mass is 10.1. The zero-order chi connectivity index (χ0) is 16.2. The average Bonchev–Trinajstić information content (AvgIpc) is 2.72. The summed E-state index contributed by atoms with van der Waals surface area (Å²) in [6, 6.07) is 5.11. The summed E-state index contributed by atoms with van der Waals surface area (Å²) in [7, 11) is -2.31. The largest absolute Gasteiger partial charge is 0.354 e. The van der Waals surface area contributed by atoms with E-state index in [1.54, 1.807) is 0 Å². The van der Waals surface area contributed by atoms with Gasteiger partial charge in [0, 0.05) is 12.1 Å². The quantitative estimate of drug-likeness (QED) is 0.724. The molecule has 1 fully saturated rings. The van der Waals surface area contributed by atoms with Crippen molar-refractivity contribution in [2.45, 2.75) is 30.2 Å². The molecular weight excluding hydrogens is 306 g/mol. The fourth-order valence-corrected chi connectivity index (χ4v) is 3.02. The molecule has 22 heavy (non-hydrogen) atoms. The molecule has 1 atom stereocenters. The van der Waals surface area contributed by atoms with Crippen LogP contribution in [0.25, 0.3) is 0 Å². The van der Waals surface area contributed by atoms with Gasteiger partial charge in [0.05, 0.1) is 4.90 Å². The third-order valence-corrected chi connectivity index (χ3v) is 4.93. The molecule has 1 aliphatic heterocycles. The molecule has 0 spiro atoms. The molecule has 2 rings (SSSR count). The monoisotopic (exact) mass is 325 g/mol. The van der Waals surface area contributed by atoms with E-state index in [0.29, 0.717) is 13.0 Å². The van der Waals surface area contributed by atoms with Crippen molar-refractivity contribution in [3.63, 3.8) is 0 Å². The fraction of sp³-hybridized carbons (Fsp3) is 0.429. The summed E-state index contributed by atoms with van der Waals surface area (Å²) in [4.78, 5) is 24.1. The molecule has 0 aromatic heterocycles. The Morgan fingerprint density at radius 1 is 1.32 bits per heavy atom. The average molecular weight is 325 g/mol. The Bertz CT molecular complexity index is 672. The zero-order valence-electron chi connectivity index (χ0n) is 12.3. The predicted octanol–water partition coefficient (Wildman–Crippen LogP) is -0.00680. The van der Waals surface area contributed by atoms with E-state index in [1.165, 1.54) is 31.3 Å². The third-order valence-electron chi connectivity index (χ3n) is 3.52. The topological polar surface area (TPSA) is 104 Å². The molecule has 3 N–H and O–H groups in total. The first-order valence-corrected chi connectivity index (χ1v) is 8.54. The number of hydrogen-bond acceptors (Lipinski definition) is 4. The second kappa shape index (κ2) is 6.89. The van der Waals surface area contributed by atoms with Crippen molar-refractivity contribution in [2.24, 2.45) is 0 Å². The molecule has 1 saturated heterocycles. The van der Waals surface area contributed by atoms with Crippen molar-refractivity contribution in [1.29, 1.82) is 0 Å². The lowest BCUT2D eigenvalue weighted by Crippen LogP contribution is -2.45. The van der Waals surface area contributed by atoms with Crippen LogP contribution in [-0.4, -0.2) is 39.9 Å². The SMILES string of the molecule is CNS(=O)(=O)c1cccc(C(=O)NC2CCCCNC2=O)c1. The van der Waals surface area contributed by atoms with Crippen molar-refractivity contribution < 1.29 is 18.0 Å². The minimum Gasteiger partial charge on any atom is -0.354 e. The van der Waals surface area contributed by atoms with E-state index >= 15 is 0 Å². The van der Waals surface area contributed by atoms with Gasteiger partial charge in [0.1, 0.15) is 6.04 Å². The van der Waals surface area contributed by atoms with Gasteiger partial charge in [-0.15, -0.1) is 0 Å². The number of carbonyl (C=O) groups excluding carboxylic acids is 2. The van der Waals surface area contributed by atoms with Crippen molar-refractivity contribution in [3.8, 4) is 0 Å². The Morgan fingerprint density at radius 2 is 2.09 bits per heavy atom. The number of nitrogens with one attached hydrogen (secondary N) is 3. The maximum Gasteiger partial charge on any atom is 0.251 e. The molecule has 0 aliphatic carbocycles. The van der Waals surface area contributed by atoms with Gasteiger partial charge in [-0.1, -0.05) is 6.07 Å². The molecule has 7 nitrogen and oxygen atoms in total. The van der Waals surface area contributed by atoms with E-state index in [1.807, 2.05) is 0 Å². The maximum atomic E-state index is 12.2. The van der Waals surface area contributed by atoms with Crippen LogP contribution in [0, 0.1) is 0 Å². The Balaban J connectivity index is 2.16. The number of rotatable bonds is 4. The smallest absolute Gasteiger partial charge is 0.251 e. The zero-order valence-corrected chi connectivity index (χ0v) is 13.1. The van der Waals surface area contributed by atoms with E-state index in [4.69, 9.17) is 0 Å². The highest BCUT2D eigenvalue weighted by Crippen LogP contribution is 2.12. The number of benzene rings is 1. The van der Waals surface area contributed by atoms with E-state index in [9.17, 15) is 18.0 Å². The first-order chi connectivity index (χ1) is 10.4.